The van der Waals surface area contributed by atoms with Crippen LogP contribution in [-0.4, -0.2) is 20.3 Å². The fourth-order valence-corrected chi connectivity index (χ4v) is 3.48. The van der Waals surface area contributed by atoms with Gasteiger partial charge in [0.2, 0.25) is 0 Å². The second kappa shape index (κ2) is 8.34. The van der Waals surface area contributed by atoms with Crippen LogP contribution in [0.15, 0.2) is 82.0 Å². The first-order valence-corrected chi connectivity index (χ1v) is 9.72. The predicted octanol–water partition coefficient (Wildman–Crippen LogP) is 3.16. The lowest BCUT2D eigenvalue weighted by atomic mass is 10.2. The summed E-state index contributed by atoms with van der Waals surface area (Å²) in [6, 6.07) is 14.0. The van der Waals surface area contributed by atoms with Crippen molar-refractivity contribution in [3.8, 4) is 5.69 Å². The molecule has 2 heterocycles. The average molecular weight is 424 g/mol. The van der Waals surface area contributed by atoms with E-state index in [1.54, 1.807) is 34.3 Å². The van der Waals surface area contributed by atoms with Crippen molar-refractivity contribution >= 4 is 17.2 Å². The predicted molar refractivity (Wildman–Crippen MR) is 107 cm³/mol. The second-order valence-electron chi connectivity index (χ2n) is 6.27. The van der Waals surface area contributed by atoms with E-state index in [1.807, 2.05) is 0 Å². The third kappa shape index (κ3) is 4.15. The maximum atomic E-state index is 13.9. The van der Waals surface area contributed by atoms with Crippen LogP contribution < -0.4 is 10.4 Å². The molecule has 0 fully saturated rings. The maximum Gasteiger partial charge on any atom is 0.300 e. The number of thiazole rings is 1. The van der Waals surface area contributed by atoms with Gasteiger partial charge in [-0.15, -0.1) is 11.3 Å². The number of carbonyl (C=O) groups is 1. The highest BCUT2D eigenvalue weighted by atomic mass is 32.1. The molecule has 30 heavy (non-hydrogen) atoms. The zero-order valence-electron chi connectivity index (χ0n) is 15.4. The highest BCUT2D eigenvalue weighted by molar-refractivity contribution is 7.07. The van der Waals surface area contributed by atoms with E-state index >= 15 is 0 Å². The Morgan fingerprint density at radius 2 is 1.80 bits per heavy atom. The van der Waals surface area contributed by atoms with Crippen molar-refractivity contribution in [1.82, 2.24) is 14.3 Å². The first kappa shape index (κ1) is 19.6. The summed E-state index contributed by atoms with van der Waals surface area (Å²) in [6.07, 6.45) is 1.70. The zero-order valence-corrected chi connectivity index (χ0v) is 16.2. The summed E-state index contributed by atoms with van der Waals surface area (Å²) in [6.45, 7) is 0.213. The van der Waals surface area contributed by atoms with Gasteiger partial charge in [0.05, 0.1) is 12.2 Å². The Morgan fingerprint density at radius 3 is 2.57 bits per heavy atom. The molecule has 4 aromatic rings. The number of rotatable bonds is 4. The van der Waals surface area contributed by atoms with Crippen LogP contribution in [0, 0.1) is 11.6 Å². The molecule has 0 aliphatic heterocycles. The van der Waals surface area contributed by atoms with Crippen molar-refractivity contribution in [1.29, 1.82) is 0 Å². The molecule has 6 nitrogen and oxygen atoms in total. The van der Waals surface area contributed by atoms with E-state index in [0.29, 0.717) is 16.1 Å². The lowest BCUT2D eigenvalue weighted by Crippen LogP contribution is -2.23. The first-order valence-electron chi connectivity index (χ1n) is 8.84. The van der Waals surface area contributed by atoms with E-state index in [0.717, 1.165) is 4.68 Å². The minimum Gasteiger partial charge on any atom is -0.319 e. The molecule has 0 saturated carbocycles. The maximum absolute atomic E-state index is 13.9. The van der Waals surface area contributed by atoms with Crippen LogP contribution in [0.25, 0.3) is 5.69 Å². The minimum atomic E-state index is -0.657. The van der Waals surface area contributed by atoms with E-state index in [-0.39, 0.29) is 18.1 Å². The topological polar surface area (TPSA) is 69.2 Å². The van der Waals surface area contributed by atoms with Crippen molar-refractivity contribution in [2.45, 2.75) is 6.54 Å². The molecule has 0 N–H and O–H groups in total. The highest BCUT2D eigenvalue weighted by Gasteiger charge is 2.11. The van der Waals surface area contributed by atoms with E-state index in [4.69, 9.17) is 0 Å². The van der Waals surface area contributed by atoms with E-state index in [9.17, 15) is 18.4 Å². The molecule has 0 unspecified atom stereocenters. The number of carbonyl (C=O) groups excluding carboxylic acids is 1. The van der Waals surface area contributed by atoms with Gasteiger partial charge in [0, 0.05) is 23.2 Å². The van der Waals surface area contributed by atoms with Gasteiger partial charge in [0.25, 0.3) is 11.5 Å². The van der Waals surface area contributed by atoms with Crippen LogP contribution in [0.2, 0.25) is 0 Å². The van der Waals surface area contributed by atoms with Gasteiger partial charge in [-0.3, -0.25) is 9.59 Å². The lowest BCUT2D eigenvalue weighted by Gasteiger charge is -2.06. The van der Waals surface area contributed by atoms with Crippen LogP contribution in [-0.2, 0) is 6.54 Å². The molecule has 0 saturated heterocycles. The van der Waals surface area contributed by atoms with Crippen molar-refractivity contribution in [3.05, 3.63) is 110 Å². The van der Waals surface area contributed by atoms with E-state index in [1.165, 1.54) is 53.8 Å². The summed E-state index contributed by atoms with van der Waals surface area (Å²) in [5, 5.41) is 5.79. The minimum absolute atomic E-state index is 0.0511. The SMILES string of the molecule is O=C(N=c1sccn1Cc1ccccc1F)c1ccc(=O)n(-c2ccc(F)cc2)n1. The van der Waals surface area contributed by atoms with Crippen molar-refractivity contribution in [2.24, 2.45) is 4.99 Å². The smallest absolute Gasteiger partial charge is 0.300 e. The van der Waals surface area contributed by atoms with Crippen LogP contribution in [0.5, 0.6) is 0 Å². The average Bonchev–Trinajstić information content (AvgIpc) is 3.17. The Bertz CT molecular complexity index is 1340. The number of aromatic nitrogens is 3. The summed E-state index contributed by atoms with van der Waals surface area (Å²) in [5.41, 5.74) is 0.267. The van der Waals surface area contributed by atoms with Crippen LogP contribution in [0.3, 0.4) is 0 Å². The fourth-order valence-electron chi connectivity index (χ4n) is 2.75. The van der Waals surface area contributed by atoms with Gasteiger partial charge < -0.3 is 4.57 Å². The molecule has 4 rings (SSSR count). The summed E-state index contributed by atoms with van der Waals surface area (Å²) in [5.74, 6) is -1.46. The third-order valence-electron chi connectivity index (χ3n) is 4.25. The van der Waals surface area contributed by atoms with Gasteiger partial charge in [0.15, 0.2) is 10.5 Å². The molecular formula is C21H14F2N4O2S. The second-order valence-corrected chi connectivity index (χ2v) is 7.14. The largest absolute Gasteiger partial charge is 0.319 e. The van der Waals surface area contributed by atoms with Gasteiger partial charge >= 0.3 is 0 Å². The quantitative estimate of drug-likeness (QED) is 0.505. The Morgan fingerprint density at radius 1 is 1.03 bits per heavy atom. The Labute approximate surface area is 173 Å². The fraction of sp³-hybridized carbons (Fsp3) is 0.0476. The van der Waals surface area contributed by atoms with E-state index < -0.39 is 17.3 Å². The summed E-state index contributed by atoms with van der Waals surface area (Å²) in [4.78, 5) is 29.2. The molecule has 0 bridgehead atoms. The molecule has 0 radical (unpaired) electrons. The number of hydrogen-bond donors (Lipinski definition) is 0. The Hall–Kier alpha value is -3.72. The Balaban J connectivity index is 1.67. The zero-order chi connectivity index (χ0) is 21.1. The number of benzene rings is 2. The van der Waals surface area contributed by atoms with Crippen molar-refractivity contribution in [3.63, 3.8) is 0 Å². The monoisotopic (exact) mass is 424 g/mol. The molecule has 0 aliphatic carbocycles. The van der Waals surface area contributed by atoms with Crippen molar-refractivity contribution < 1.29 is 13.6 Å². The van der Waals surface area contributed by atoms with Gasteiger partial charge in [0.1, 0.15) is 11.6 Å². The molecule has 1 amide bonds. The first-order chi connectivity index (χ1) is 14.5. The molecule has 2 aromatic carbocycles. The summed E-state index contributed by atoms with van der Waals surface area (Å²) < 4.78 is 29.7. The number of amides is 1. The molecule has 150 valence electrons. The summed E-state index contributed by atoms with van der Waals surface area (Å²) in [7, 11) is 0. The van der Waals surface area contributed by atoms with Crippen LogP contribution in [0.4, 0.5) is 8.78 Å². The van der Waals surface area contributed by atoms with Crippen LogP contribution in [0.1, 0.15) is 16.1 Å². The van der Waals surface area contributed by atoms with Gasteiger partial charge in [-0.2, -0.15) is 14.8 Å². The number of hydrogen-bond acceptors (Lipinski definition) is 4. The third-order valence-corrected chi connectivity index (χ3v) is 5.04. The van der Waals surface area contributed by atoms with Gasteiger partial charge in [-0.05, 0) is 36.4 Å². The van der Waals surface area contributed by atoms with Crippen molar-refractivity contribution in [2.75, 3.05) is 0 Å². The van der Waals surface area contributed by atoms with Gasteiger partial charge in [-0.25, -0.2) is 8.78 Å². The van der Waals surface area contributed by atoms with Gasteiger partial charge in [-0.1, -0.05) is 18.2 Å². The molecular weight excluding hydrogens is 410 g/mol. The molecule has 0 spiro atoms. The normalized spacial score (nSPS) is 11.6. The standard InChI is InChI=1S/C21H14F2N4O2S/c22-15-5-7-16(8-6-15)27-19(28)10-9-18(25-27)20(29)24-21-26(11-12-30-21)13-14-3-1-2-4-17(14)23/h1-12H,13H2. The highest BCUT2D eigenvalue weighted by Crippen LogP contribution is 2.09. The molecule has 0 atom stereocenters. The lowest BCUT2D eigenvalue weighted by molar-refractivity contribution is 0.0991. The number of halogens is 2. The summed E-state index contributed by atoms with van der Waals surface area (Å²) >= 11 is 1.22. The van der Waals surface area contributed by atoms with Crippen LogP contribution >= 0.6 is 11.3 Å². The Kier molecular flexibility index (Phi) is 5.44. The molecule has 9 heteroatoms. The number of nitrogens with zero attached hydrogens (tertiary/aromatic N) is 4. The molecule has 2 aromatic heterocycles. The van der Waals surface area contributed by atoms with E-state index in [2.05, 4.69) is 10.1 Å². The molecule has 0 aliphatic rings.